The van der Waals surface area contributed by atoms with E-state index in [0.29, 0.717) is 9.92 Å². The summed E-state index contributed by atoms with van der Waals surface area (Å²) in [4.78, 5) is 25.0. The lowest BCUT2D eigenvalue weighted by atomic mass is 10.1. The summed E-state index contributed by atoms with van der Waals surface area (Å²) in [6.45, 7) is 3.98. The molecule has 5 nitrogen and oxygen atoms in total. The summed E-state index contributed by atoms with van der Waals surface area (Å²) >= 11 is 5.80. The average molecular weight is 379 g/mol. The van der Waals surface area contributed by atoms with Gasteiger partial charge in [0.1, 0.15) is 5.82 Å². The Hall–Kier alpha value is -2.44. The molecule has 0 heterocycles. The lowest BCUT2D eigenvalue weighted by Crippen LogP contribution is -3.11. The van der Waals surface area contributed by atoms with E-state index in [1.807, 2.05) is 32.0 Å². The van der Waals surface area contributed by atoms with Crippen molar-refractivity contribution in [2.45, 2.75) is 13.8 Å². The van der Waals surface area contributed by atoms with E-state index < -0.39 is 11.7 Å². The number of likely N-dealkylation sites (N-methyl/N-ethyl adjacent to an activating group) is 1. The van der Waals surface area contributed by atoms with Crippen molar-refractivity contribution in [2.24, 2.45) is 0 Å². The largest absolute Gasteiger partial charge is 0.322 e. The van der Waals surface area contributed by atoms with E-state index in [4.69, 9.17) is 11.6 Å². The van der Waals surface area contributed by atoms with Crippen LogP contribution >= 0.6 is 11.6 Å². The molecular formula is C19H22ClFN3O2+. The van der Waals surface area contributed by atoms with Crippen LogP contribution in [0.3, 0.4) is 0 Å². The molecule has 26 heavy (non-hydrogen) atoms. The number of nitrogens with one attached hydrogen (secondary N) is 3. The highest BCUT2D eigenvalue weighted by molar-refractivity contribution is 6.30. The Kier molecular flexibility index (Phi) is 6.71. The number of quaternary nitrogens is 1. The van der Waals surface area contributed by atoms with E-state index >= 15 is 0 Å². The maximum atomic E-state index is 13.7. The van der Waals surface area contributed by atoms with Crippen LogP contribution in [-0.4, -0.2) is 32.0 Å². The smallest absolute Gasteiger partial charge is 0.279 e. The van der Waals surface area contributed by atoms with Gasteiger partial charge in [-0.2, -0.15) is 0 Å². The number of hydrogen-bond donors (Lipinski definition) is 3. The summed E-state index contributed by atoms with van der Waals surface area (Å²) in [5.41, 5.74) is 2.77. The highest BCUT2D eigenvalue weighted by atomic mass is 35.5. The third-order valence-electron chi connectivity index (χ3n) is 3.87. The molecule has 2 rings (SSSR count). The number of para-hydroxylation sites is 1. The van der Waals surface area contributed by atoms with Gasteiger partial charge < -0.3 is 15.5 Å². The molecule has 0 bridgehead atoms. The second-order valence-corrected chi connectivity index (χ2v) is 6.73. The van der Waals surface area contributed by atoms with Gasteiger partial charge in [-0.25, -0.2) is 4.39 Å². The van der Waals surface area contributed by atoms with Gasteiger partial charge in [0.2, 0.25) is 0 Å². The zero-order valence-electron chi connectivity index (χ0n) is 15.0. The molecule has 0 aliphatic heterocycles. The van der Waals surface area contributed by atoms with Gasteiger partial charge in [-0.05, 0) is 43.2 Å². The summed E-state index contributed by atoms with van der Waals surface area (Å²) in [6, 6.07) is 9.71. The maximum absolute atomic E-state index is 13.7. The third kappa shape index (κ3) is 5.54. The Bertz CT molecular complexity index is 806. The monoisotopic (exact) mass is 378 g/mol. The number of rotatable bonds is 6. The number of benzene rings is 2. The third-order valence-corrected chi connectivity index (χ3v) is 4.11. The molecule has 0 saturated carbocycles. The molecule has 7 heteroatoms. The number of hydrogen-bond acceptors (Lipinski definition) is 2. The van der Waals surface area contributed by atoms with Gasteiger partial charge in [0.05, 0.1) is 12.7 Å². The molecule has 0 spiro atoms. The fourth-order valence-electron chi connectivity index (χ4n) is 2.59. The topological polar surface area (TPSA) is 62.6 Å². The summed E-state index contributed by atoms with van der Waals surface area (Å²) < 4.78 is 13.7. The first-order chi connectivity index (χ1) is 12.3. The van der Waals surface area contributed by atoms with E-state index in [2.05, 4.69) is 10.6 Å². The van der Waals surface area contributed by atoms with Crippen LogP contribution in [0.1, 0.15) is 11.1 Å². The summed E-state index contributed by atoms with van der Waals surface area (Å²) in [5.74, 6) is -1.15. The fourth-order valence-corrected chi connectivity index (χ4v) is 2.77. The van der Waals surface area contributed by atoms with Gasteiger partial charge in [0, 0.05) is 10.7 Å². The number of amides is 2. The molecule has 3 N–H and O–H groups in total. The molecule has 0 radical (unpaired) electrons. The first-order valence-corrected chi connectivity index (χ1v) is 8.56. The highest BCUT2D eigenvalue weighted by Crippen LogP contribution is 2.20. The van der Waals surface area contributed by atoms with Crippen LogP contribution in [0, 0.1) is 19.7 Å². The second kappa shape index (κ2) is 8.78. The van der Waals surface area contributed by atoms with Crippen LogP contribution < -0.4 is 15.5 Å². The number of carbonyl (C=O) groups excluding carboxylic acids is 2. The van der Waals surface area contributed by atoms with Crippen LogP contribution in [0.5, 0.6) is 0 Å². The standard InChI is InChI=1S/C19H21ClFN3O2/c1-12-5-4-6-13(2)19(12)23-18(26)11-24(3)10-17(25)22-16-9-14(20)7-8-15(16)21/h4-9H,10-11H2,1-3H3,(H,22,25)(H,23,26)/p+1. The Morgan fingerprint density at radius 3 is 2.23 bits per heavy atom. The van der Waals surface area contributed by atoms with Crippen LogP contribution in [0.15, 0.2) is 36.4 Å². The summed E-state index contributed by atoms with van der Waals surface area (Å²) in [6.07, 6.45) is 0. The molecule has 2 aromatic carbocycles. The lowest BCUT2D eigenvalue weighted by molar-refractivity contribution is -0.862. The zero-order valence-corrected chi connectivity index (χ0v) is 15.7. The molecule has 0 fully saturated rings. The molecule has 2 aromatic rings. The molecule has 0 aliphatic rings. The molecule has 138 valence electrons. The molecule has 2 amide bonds. The van der Waals surface area contributed by atoms with Crippen molar-refractivity contribution in [1.29, 1.82) is 0 Å². The van der Waals surface area contributed by atoms with Gasteiger partial charge in [0.15, 0.2) is 13.1 Å². The Morgan fingerprint density at radius 1 is 1.04 bits per heavy atom. The molecule has 1 atom stereocenters. The van der Waals surface area contributed by atoms with Crippen LogP contribution in [0.4, 0.5) is 15.8 Å². The van der Waals surface area contributed by atoms with Crippen molar-refractivity contribution in [2.75, 3.05) is 30.8 Å². The molecule has 0 saturated heterocycles. The first-order valence-electron chi connectivity index (χ1n) is 8.18. The van der Waals surface area contributed by atoms with E-state index in [0.717, 1.165) is 16.8 Å². The van der Waals surface area contributed by atoms with Crippen molar-refractivity contribution in [3.05, 3.63) is 58.4 Å². The van der Waals surface area contributed by atoms with Crippen molar-refractivity contribution < 1.29 is 18.9 Å². The average Bonchev–Trinajstić information content (AvgIpc) is 2.54. The second-order valence-electron chi connectivity index (χ2n) is 6.30. The fraction of sp³-hybridized carbons (Fsp3) is 0.263. The van der Waals surface area contributed by atoms with E-state index in [-0.39, 0.29) is 24.7 Å². The Morgan fingerprint density at radius 2 is 1.62 bits per heavy atom. The van der Waals surface area contributed by atoms with Gasteiger partial charge in [-0.1, -0.05) is 29.8 Å². The van der Waals surface area contributed by atoms with E-state index in [9.17, 15) is 14.0 Å². The number of halogens is 2. The molecular weight excluding hydrogens is 357 g/mol. The maximum Gasteiger partial charge on any atom is 0.279 e. The predicted octanol–water partition coefficient (Wildman–Crippen LogP) is 2.19. The molecule has 0 aliphatic carbocycles. The van der Waals surface area contributed by atoms with Crippen molar-refractivity contribution in [3.8, 4) is 0 Å². The van der Waals surface area contributed by atoms with Crippen LogP contribution in [0.25, 0.3) is 0 Å². The first kappa shape index (κ1) is 19.9. The highest BCUT2D eigenvalue weighted by Gasteiger charge is 2.16. The van der Waals surface area contributed by atoms with Crippen LogP contribution in [0.2, 0.25) is 5.02 Å². The van der Waals surface area contributed by atoms with Gasteiger partial charge >= 0.3 is 0 Å². The Labute approximate surface area is 157 Å². The van der Waals surface area contributed by atoms with Gasteiger partial charge in [-0.15, -0.1) is 0 Å². The van der Waals surface area contributed by atoms with Gasteiger partial charge in [0.25, 0.3) is 11.8 Å². The summed E-state index contributed by atoms with van der Waals surface area (Å²) in [5, 5.41) is 5.68. The predicted molar refractivity (Wildman–Crippen MR) is 101 cm³/mol. The lowest BCUT2D eigenvalue weighted by Gasteiger charge is -2.15. The van der Waals surface area contributed by atoms with Crippen molar-refractivity contribution in [1.82, 2.24) is 0 Å². The van der Waals surface area contributed by atoms with Gasteiger partial charge in [-0.3, -0.25) is 9.59 Å². The number of carbonyl (C=O) groups is 2. The molecule has 0 aromatic heterocycles. The summed E-state index contributed by atoms with van der Waals surface area (Å²) in [7, 11) is 1.72. The normalized spacial score (nSPS) is 11.7. The number of anilines is 2. The van der Waals surface area contributed by atoms with E-state index in [1.165, 1.54) is 18.2 Å². The minimum atomic E-state index is -0.562. The van der Waals surface area contributed by atoms with Crippen LogP contribution in [-0.2, 0) is 9.59 Å². The van der Waals surface area contributed by atoms with Crippen molar-refractivity contribution >= 4 is 34.8 Å². The zero-order chi connectivity index (χ0) is 19.3. The Balaban J connectivity index is 1.89. The number of aryl methyl sites for hydroxylation is 2. The van der Waals surface area contributed by atoms with Crippen molar-refractivity contribution in [3.63, 3.8) is 0 Å². The minimum absolute atomic E-state index is 0.0200. The minimum Gasteiger partial charge on any atom is -0.322 e. The van der Waals surface area contributed by atoms with E-state index in [1.54, 1.807) is 7.05 Å². The quantitative estimate of drug-likeness (QED) is 0.721. The molecule has 1 unspecified atom stereocenters. The SMILES string of the molecule is Cc1cccc(C)c1NC(=O)C[NH+](C)CC(=O)Nc1cc(Cl)ccc1F.